The fourth-order valence-corrected chi connectivity index (χ4v) is 5.34. The molecule has 2 unspecified atom stereocenters. The van der Waals surface area contributed by atoms with Gasteiger partial charge < -0.3 is 14.9 Å². The Morgan fingerprint density at radius 1 is 0.900 bits per heavy atom. The molecule has 0 radical (unpaired) electrons. The lowest BCUT2D eigenvalue weighted by atomic mass is 9.83. The third kappa shape index (κ3) is 3.40. The Hall–Kier alpha value is -2.70. The van der Waals surface area contributed by atoms with Gasteiger partial charge in [-0.1, -0.05) is 48.5 Å². The van der Waals surface area contributed by atoms with Gasteiger partial charge in [0, 0.05) is 44.3 Å². The monoisotopic (exact) mass is 405 g/mol. The van der Waals surface area contributed by atoms with E-state index < -0.39 is 0 Å². The summed E-state index contributed by atoms with van der Waals surface area (Å²) in [6.45, 7) is 3.08. The van der Waals surface area contributed by atoms with Gasteiger partial charge in [0.2, 0.25) is 5.91 Å². The van der Waals surface area contributed by atoms with E-state index in [4.69, 9.17) is 0 Å². The van der Waals surface area contributed by atoms with Gasteiger partial charge in [0.1, 0.15) is 0 Å². The number of β-amino-alcohol motifs (C(OH)–C–C–N with tert-alkyl or cyclic N) is 1. The lowest BCUT2D eigenvalue weighted by Crippen LogP contribution is -2.79. The molecule has 1 spiro atoms. The second-order valence-electron chi connectivity index (χ2n) is 8.88. The Labute approximate surface area is 176 Å². The molecule has 1 N–H and O–H groups in total. The zero-order valence-electron chi connectivity index (χ0n) is 17.0. The predicted molar refractivity (Wildman–Crippen MR) is 113 cm³/mol. The molecule has 2 atom stereocenters. The van der Waals surface area contributed by atoms with Gasteiger partial charge in [-0.15, -0.1) is 0 Å². The van der Waals surface area contributed by atoms with Gasteiger partial charge in [-0.3, -0.25) is 14.5 Å². The molecule has 5 rings (SSSR count). The van der Waals surface area contributed by atoms with Gasteiger partial charge in [-0.05, 0) is 24.1 Å². The maximum Gasteiger partial charge on any atom is 0.253 e. The van der Waals surface area contributed by atoms with Crippen molar-refractivity contribution >= 4 is 11.8 Å². The van der Waals surface area contributed by atoms with Crippen LogP contribution in [0, 0.1) is 0 Å². The smallest absolute Gasteiger partial charge is 0.253 e. The van der Waals surface area contributed by atoms with Crippen LogP contribution in [0.15, 0.2) is 60.7 Å². The number of likely N-dealkylation sites (tertiary alicyclic amines) is 1. The normalized spacial score (nSPS) is 25.1. The van der Waals surface area contributed by atoms with Crippen LogP contribution in [-0.4, -0.2) is 82.0 Å². The van der Waals surface area contributed by atoms with Crippen LogP contribution in [-0.2, 0) is 11.2 Å². The highest BCUT2D eigenvalue weighted by Gasteiger charge is 2.57. The topological polar surface area (TPSA) is 64.1 Å². The molecule has 0 aliphatic carbocycles. The van der Waals surface area contributed by atoms with Crippen molar-refractivity contribution in [3.8, 4) is 0 Å². The van der Waals surface area contributed by atoms with E-state index in [-0.39, 0.29) is 29.5 Å². The summed E-state index contributed by atoms with van der Waals surface area (Å²) in [7, 11) is 0. The number of aliphatic hydroxyl groups is 1. The van der Waals surface area contributed by atoms with Crippen LogP contribution >= 0.6 is 0 Å². The minimum Gasteiger partial charge on any atom is -0.392 e. The van der Waals surface area contributed by atoms with Crippen LogP contribution in [0.5, 0.6) is 0 Å². The Kier molecular flexibility index (Phi) is 4.83. The molecule has 6 nitrogen and oxygen atoms in total. The maximum absolute atomic E-state index is 13.1. The number of aliphatic hydroxyl groups excluding tert-OH is 1. The van der Waals surface area contributed by atoms with E-state index in [1.54, 1.807) is 0 Å². The fraction of sp³-hybridized carbons (Fsp3) is 0.417. The summed E-state index contributed by atoms with van der Waals surface area (Å²) < 4.78 is 0. The van der Waals surface area contributed by atoms with Crippen LogP contribution in [0.1, 0.15) is 22.3 Å². The van der Waals surface area contributed by atoms with E-state index in [1.165, 1.54) is 0 Å². The number of carbonyl (C=O) groups is 2. The Balaban J connectivity index is 1.32. The van der Waals surface area contributed by atoms with E-state index in [2.05, 4.69) is 4.90 Å². The standard InChI is InChI=1S/C24H27N3O3/c28-21-12-20-13-25(22(29)11-18-7-3-1-4-8-18)15-24(27(20)14-21)16-26(17-24)23(30)19-9-5-2-6-10-19/h1-10,20-21,28H,11-17H2. The zero-order valence-corrected chi connectivity index (χ0v) is 17.0. The highest BCUT2D eigenvalue weighted by atomic mass is 16.3. The molecule has 3 aliphatic heterocycles. The molecule has 3 heterocycles. The molecule has 3 aliphatic rings. The molecule has 2 aromatic carbocycles. The number of amides is 2. The van der Waals surface area contributed by atoms with Crippen molar-refractivity contribution in [1.29, 1.82) is 0 Å². The number of carbonyl (C=O) groups excluding carboxylic acids is 2. The molecular weight excluding hydrogens is 378 g/mol. The first-order valence-electron chi connectivity index (χ1n) is 10.6. The summed E-state index contributed by atoms with van der Waals surface area (Å²) in [5.41, 5.74) is 1.45. The van der Waals surface area contributed by atoms with Crippen LogP contribution in [0.2, 0.25) is 0 Å². The van der Waals surface area contributed by atoms with Gasteiger partial charge in [0.15, 0.2) is 0 Å². The first-order chi connectivity index (χ1) is 14.5. The summed E-state index contributed by atoms with van der Waals surface area (Å²) in [4.78, 5) is 32.1. The SMILES string of the molecule is O=C(Cc1ccccc1)N1CC2CC(O)CN2C2(C1)CN(C(=O)c1ccccc1)C2. The average Bonchev–Trinajstić information content (AvgIpc) is 3.12. The van der Waals surface area contributed by atoms with Crippen LogP contribution in [0.4, 0.5) is 0 Å². The lowest BCUT2D eigenvalue weighted by Gasteiger charge is -2.60. The van der Waals surface area contributed by atoms with Gasteiger partial charge in [-0.25, -0.2) is 0 Å². The third-order valence-electron chi connectivity index (χ3n) is 6.75. The highest BCUT2D eigenvalue weighted by molar-refractivity contribution is 5.95. The van der Waals surface area contributed by atoms with Gasteiger partial charge in [0.05, 0.1) is 18.1 Å². The van der Waals surface area contributed by atoms with Crippen molar-refractivity contribution in [3.05, 3.63) is 71.8 Å². The first kappa shape index (κ1) is 19.3. The number of fused-ring (bicyclic) bond motifs is 2. The van der Waals surface area contributed by atoms with Crippen molar-refractivity contribution in [3.63, 3.8) is 0 Å². The molecule has 3 fully saturated rings. The van der Waals surface area contributed by atoms with E-state index >= 15 is 0 Å². The highest BCUT2D eigenvalue weighted by Crippen LogP contribution is 2.39. The second-order valence-corrected chi connectivity index (χ2v) is 8.88. The van der Waals surface area contributed by atoms with E-state index in [1.807, 2.05) is 70.5 Å². The summed E-state index contributed by atoms with van der Waals surface area (Å²) in [6.07, 6.45) is 0.706. The molecular formula is C24H27N3O3. The maximum atomic E-state index is 13.1. The molecule has 156 valence electrons. The Morgan fingerprint density at radius 3 is 2.23 bits per heavy atom. The predicted octanol–water partition coefficient (Wildman–Crippen LogP) is 1.40. The Morgan fingerprint density at radius 2 is 1.53 bits per heavy atom. The number of rotatable bonds is 3. The Bertz CT molecular complexity index is 927. The number of hydrogen-bond acceptors (Lipinski definition) is 4. The summed E-state index contributed by atoms with van der Waals surface area (Å²) in [5.74, 6) is 0.153. The molecule has 0 bridgehead atoms. The molecule has 30 heavy (non-hydrogen) atoms. The molecule has 3 saturated heterocycles. The number of hydrogen-bond donors (Lipinski definition) is 1. The fourth-order valence-electron chi connectivity index (χ4n) is 5.34. The summed E-state index contributed by atoms with van der Waals surface area (Å²) >= 11 is 0. The van der Waals surface area contributed by atoms with Crippen molar-refractivity contribution in [1.82, 2.24) is 14.7 Å². The number of benzene rings is 2. The quantitative estimate of drug-likeness (QED) is 0.839. The second kappa shape index (κ2) is 7.52. The van der Waals surface area contributed by atoms with E-state index in [0.717, 1.165) is 5.56 Å². The van der Waals surface area contributed by atoms with Crippen molar-refractivity contribution in [2.24, 2.45) is 0 Å². The van der Waals surface area contributed by atoms with Gasteiger partial charge in [0.25, 0.3) is 5.91 Å². The van der Waals surface area contributed by atoms with Crippen LogP contribution in [0.3, 0.4) is 0 Å². The molecule has 2 amide bonds. The largest absolute Gasteiger partial charge is 0.392 e. The van der Waals surface area contributed by atoms with Crippen LogP contribution < -0.4 is 0 Å². The number of nitrogens with zero attached hydrogens (tertiary/aromatic N) is 3. The molecule has 6 heteroatoms. The molecule has 2 aromatic rings. The summed E-state index contributed by atoms with van der Waals surface area (Å²) in [5, 5.41) is 10.3. The van der Waals surface area contributed by atoms with Gasteiger partial charge in [-0.2, -0.15) is 0 Å². The number of piperazine rings is 1. The van der Waals surface area contributed by atoms with Gasteiger partial charge >= 0.3 is 0 Å². The van der Waals surface area contributed by atoms with E-state index in [9.17, 15) is 14.7 Å². The minimum atomic E-state index is -0.366. The first-order valence-corrected chi connectivity index (χ1v) is 10.6. The third-order valence-corrected chi connectivity index (χ3v) is 6.75. The lowest BCUT2D eigenvalue weighted by molar-refractivity contribution is -0.146. The van der Waals surface area contributed by atoms with Crippen molar-refractivity contribution < 1.29 is 14.7 Å². The van der Waals surface area contributed by atoms with Crippen LogP contribution in [0.25, 0.3) is 0 Å². The van der Waals surface area contributed by atoms with Crippen molar-refractivity contribution in [2.75, 3.05) is 32.7 Å². The average molecular weight is 405 g/mol. The zero-order chi connectivity index (χ0) is 20.7. The molecule has 0 aromatic heterocycles. The summed E-state index contributed by atoms with van der Waals surface area (Å²) in [6, 6.07) is 19.3. The van der Waals surface area contributed by atoms with Crippen molar-refractivity contribution in [2.45, 2.75) is 30.5 Å². The van der Waals surface area contributed by atoms with E-state index in [0.29, 0.717) is 51.1 Å². The minimum absolute atomic E-state index is 0.0326. The molecule has 0 saturated carbocycles.